The van der Waals surface area contributed by atoms with Crippen LogP contribution in [0.15, 0.2) is 24.3 Å². The second-order valence-corrected chi connectivity index (χ2v) is 5.37. The second-order valence-electron chi connectivity index (χ2n) is 4.22. The predicted octanol–water partition coefficient (Wildman–Crippen LogP) is 2.48. The molecule has 100 valence electrons. The van der Waals surface area contributed by atoms with E-state index in [1.54, 1.807) is 23.9 Å². The molecule has 0 spiro atoms. The number of amides is 1. The van der Waals surface area contributed by atoms with Crippen LogP contribution in [0, 0.1) is 11.7 Å². The molecule has 0 heterocycles. The number of benzene rings is 1. The molecule has 0 bridgehead atoms. The molecular formula is C13H19FN2OS. The first kappa shape index (κ1) is 15.0. The molecule has 1 unspecified atom stereocenters. The molecular weight excluding hydrogens is 251 g/mol. The van der Waals surface area contributed by atoms with Crippen molar-refractivity contribution in [1.29, 1.82) is 0 Å². The molecule has 1 aromatic rings. The summed E-state index contributed by atoms with van der Waals surface area (Å²) in [5.74, 6) is 1.75. The summed E-state index contributed by atoms with van der Waals surface area (Å²) in [6.07, 6.45) is 0.429. The molecule has 18 heavy (non-hydrogen) atoms. The maximum absolute atomic E-state index is 12.9. The van der Waals surface area contributed by atoms with Crippen molar-refractivity contribution in [2.45, 2.75) is 13.3 Å². The minimum Gasteiger partial charge on any atom is -0.330 e. The van der Waals surface area contributed by atoms with Gasteiger partial charge in [0.2, 0.25) is 5.91 Å². The van der Waals surface area contributed by atoms with E-state index < -0.39 is 0 Å². The standard InChI is InChI=1S/C13H19FN2OS/c1-10(8-15)9-18-6-5-13(17)16-12-4-2-3-11(14)7-12/h2-4,7,10H,5-6,8-9,15H2,1H3,(H,16,17). The topological polar surface area (TPSA) is 55.1 Å². The van der Waals surface area contributed by atoms with Crippen molar-refractivity contribution in [1.82, 2.24) is 0 Å². The predicted molar refractivity (Wildman–Crippen MR) is 75.2 cm³/mol. The number of nitrogens with two attached hydrogens (primary N) is 1. The molecule has 3 N–H and O–H groups in total. The van der Waals surface area contributed by atoms with Crippen LogP contribution in [0.2, 0.25) is 0 Å². The van der Waals surface area contributed by atoms with Crippen molar-refractivity contribution in [3.8, 4) is 0 Å². The number of carbonyl (C=O) groups is 1. The smallest absolute Gasteiger partial charge is 0.225 e. The van der Waals surface area contributed by atoms with Crippen LogP contribution < -0.4 is 11.1 Å². The minimum absolute atomic E-state index is 0.0894. The third kappa shape index (κ3) is 6.02. The van der Waals surface area contributed by atoms with E-state index >= 15 is 0 Å². The first-order chi connectivity index (χ1) is 8.61. The van der Waals surface area contributed by atoms with E-state index in [-0.39, 0.29) is 11.7 Å². The Kier molecular flexibility index (Phi) is 6.75. The van der Waals surface area contributed by atoms with Crippen LogP contribution in [0.4, 0.5) is 10.1 Å². The molecule has 0 aliphatic rings. The Bertz CT molecular complexity index is 387. The summed E-state index contributed by atoms with van der Waals surface area (Å²) in [5.41, 5.74) is 6.00. The highest BCUT2D eigenvalue weighted by Crippen LogP contribution is 2.11. The van der Waals surface area contributed by atoms with E-state index in [0.29, 0.717) is 24.6 Å². The molecule has 1 atom stereocenters. The Morgan fingerprint density at radius 2 is 2.33 bits per heavy atom. The Balaban J connectivity index is 2.22. The molecule has 0 saturated carbocycles. The first-order valence-corrected chi connectivity index (χ1v) is 7.10. The number of halogens is 1. The highest BCUT2D eigenvalue weighted by Gasteiger charge is 2.04. The normalized spacial score (nSPS) is 12.2. The van der Waals surface area contributed by atoms with Crippen LogP contribution in [-0.4, -0.2) is 24.0 Å². The molecule has 5 heteroatoms. The summed E-state index contributed by atoms with van der Waals surface area (Å²) in [7, 11) is 0. The van der Waals surface area contributed by atoms with E-state index in [1.165, 1.54) is 12.1 Å². The number of nitrogens with one attached hydrogen (secondary N) is 1. The minimum atomic E-state index is -0.348. The third-order valence-corrected chi connectivity index (χ3v) is 3.68. The van der Waals surface area contributed by atoms with Crippen LogP contribution in [0.3, 0.4) is 0 Å². The van der Waals surface area contributed by atoms with Gasteiger partial charge in [-0.2, -0.15) is 11.8 Å². The van der Waals surface area contributed by atoms with Crippen LogP contribution in [0.5, 0.6) is 0 Å². The Labute approximate surface area is 111 Å². The Hall–Kier alpha value is -1.07. The van der Waals surface area contributed by atoms with Gasteiger partial charge in [-0.15, -0.1) is 0 Å². The van der Waals surface area contributed by atoms with Crippen LogP contribution in [-0.2, 0) is 4.79 Å². The molecule has 0 aliphatic heterocycles. The van der Waals surface area contributed by atoms with E-state index in [0.717, 1.165) is 11.5 Å². The number of hydrogen-bond acceptors (Lipinski definition) is 3. The molecule has 0 radical (unpaired) electrons. The summed E-state index contributed by atoms with van der Waals surface area (Å²) in [4.78, 5) is 11.6. The zero-order valence-electron chi connectivity index (χ0n) is 10.5. The second kappa shape index (κ2) is 8.11. The van der Waals surface area contributed by atoms with Crippen LogP contribution >= 0.6 is 11.8 Å². The third-order valence-electron chi connectivity index (χ3n) is 2.39. The maximum Gasteiger partial charge on any atom is 0.225 e. The number of hydrogen-bond donors (Lipinski definition) is 2. The van der Waals surface area contributed by atoms with Gasteiger partial charge >= 0.3 is 0 Å². The highest BCUT2D eigenvalue weighted by atomic mass is 32.2. The van der Waals surface area contributed by atoms with Gasteiger partial charge in [0.15, 0.2) is 0 Å². The fraction of sp³-hybridized carbons (Fsp3) is 0.462. The maximum atomic E-state index is 12.9. The van der Waals surface area contributed by atoms with Crippen molar-refractivity contribution < 1.29 is 9.18 Å². The number of thioether (sulfide) groups is 1. The molecule has 1 aromatic carbocycles. The zero-order valence-corrected chi connectivity index (χ0v) is 11.3. The number of rotatable bonds is 7. The van der Waals surface area contributed by atoms with Gasteiger partial charge in [-0.1, -0.05) is 13.0 Å². The van der Waals surface area contributed by atoms with Crippen molar-refractivity contribution in [3.63, 3.8) is 0 Å². The van der Waals surface area contributed by atoms with Gasteiger partial charge < -0.3 is 11.1 Å². The SMILES string of the molecule is CC(CN)CSCCC(=O)Nc1cccc(F)c1. The molecule has 0 aliphatic carbocycles. The van der Waals surface area contributed by atoms with Gasteiger partial charge in [-0.05, 0) is 36.4 Å². The van der Waals surface area contributed by atoms with E-state index in [9.17, 15) is 9.18 Å². The summed E-state index contributed by atoms with van der Waals surface area (Å²) in [6, 6.07) is 5.90. The largest absolute Gasteiger partial charge is 0.330 e. The lowest BCUT2D eigenvalue weighted by Gasteiger charge is -2.08. The molecule has 1 amide bonds. The van der Waals surface area contributed by atoms with Gasteiger partial charge in [-0.25, -0.2) is 4.39 Å². The zero-order chi connectivity index (χ0) is 13.4. The van der Waals surface area contributed by atoms with Gasteiger partial charge in [-0.3, -0.25) is 4.79 Å². The summed E-state index contributed by atoms with van der Waals surface area (Å²) in [6.45, 7) is 2.75. The lowest BCUT2D eigenvalue weighted by atomic mass is 10.2. The van der Waals surface area contributed by atoms with Crippen molar-refractivity contribution in [2.75, 3.05) is 23.4 Å². The fourth-order valence-electron chi connectivity index (χ4n) is 1.31. The summed E-state index contributed by atoms with van der Waals surface area (Å²) >= 11 is 1.71. The van der Waals surface area contributed by atoms with Gasteiger partial charge in [0.05, 0.1) is 0 Å². The average Bonchev–Trinajstić information content (AvgIpc) is 2.34. The van der Waals surface area contributed by atoms with E-state index in [2.05, 4.69) is 12.2 Å². The van der Waals surface area contributed by atoms with Crippen molar-refractivity contribution in [3.05, 3.63) is 30.1 Å². The molecule has 0 fully saturated rings. The molecule has 0 saturated heterocycles. The average molecular weight is 270 g/mol. The van der Waals surface area contributed by atoms with Crippen LogP contribution in [0.25, 0.3) is 0 Å². The monoisotopic (exact) mass is 270 g/mol. The molecule has 1 rings (SSSR count). The van der Waals surface area contributed by atoms with Gasteiger partial charge in [0, 0.05) is 17.9 Å². The number of carbonyl (C=O) groups excluding carboxylic acids is 1. The highest BCUT2D eigenvalue weighted by molar-refractivity contribution is 7.99. The van der Waals surface area contributed by atoms with Crippen LogP contribution in [0.1, 0.15) is 13.3 Å². The summed E-state index contributed by atoms with van der Waals surface area (Å²) in [5, 5.41) is 2.67. The van der Waals surface area contributed by atoms with Crippen molar-refractivity contribution in [2.24, 2.45) is 11.7 Å². The first-order valence-electron chi connectivity index (χ1n) is 5.95. The molecule has 3 nitrogen and oxygen atoms in total. The lowest BCUT2D eigenvalue weighted by molar-refractivity contribution is -0.115. The molecule has 0 aromatic heterocycles. The van der Waals surface area contributed by atoms with E-state index in [4.69, 9.17) is 5.73 Å². The summed E-state index contributed by atoms with van der Waals surface area (Å²) < 4.78 is 12.9. The van der Waals surface area contributed by atoms with E-state index in [1.807, 2.05) is 0 Å². The lowest BCUT2D eigenvalue weighted by Crippen LogP contribution is -2.15. The Morgan fingerprint density at radius 3 is 3.00 bits per heavy atom. The van der Waals surface area contributed by atoms with Gasteiger partial charge in [0.25, 0.3) is 0 Å². The Morgan fingerprint density at radius 1 is 1.56 bits per heavy atom. The fourth-order valence-corrected chi connectivity index (χ4v) is 2.34. The van der Waals surface area contributed by atoms with Crippen molar-refractivity contribution >= 4 is 23.4 Å². The quantitative estimate of drug-likeness (QED) is 0.748. The van der Waals surface area contributed by atoms with Gasteiger partial charge in [0.1, 0.15) is 5.82 Å². The number of anilines is 1.